The monoisotopic (exact) mass is 485 g/mol. The van der Waals surface area contributed by atoms with Gasteiger partial charge in [-0.25, -0.2) is 9.38 Å². The van der Waals surface area contributed by atoms with E-state index in [-0.39, 0.29) is 0 Å². The number of aliphatic imine (C=N–C) groups is 1. The van der Waals surface area contributed by atoms with E-state index in [1.54, 1.807) is 24.8 Å². The van der Waals surface area contributed by atoms with Crippen molar-refractivity contribution in [2.45, 2.75) is 65.5 Å². The molecule has 186 valence electrons. The van der Waals surface area contributed by atoms with Crippen LogP contribution in [0.5, 0.6) is 0 Å². The molecule has 0 aromatic heterocycles. The largest absolute Gasteiger partial charge is 0.317 e. The highest BCUT2D eigenvalue weighted by atomic mass is 32.2. The molecule has 3 rings (SSSR count). The van der Waals surface area contributed by atoms with Gasteiger partial charge in [-0.15, -0.1) is 0 Å². The van der Waals surface area contributed by atoms with Gasteiger partial charge in [0.15, 0.2) is 0 Å². The lowest BCUT2D eigenvalue weighted by molar-refractivity contribution is -0.108. The molecular weight excluding hydrogens is 445 g/mol. The number of benzene rings is 1. The molecule has 1 aliphatic heterocycles. The first-order chi connectivity index (χ1) is 16.5. The fraction of sp³-hybridized carbons (Fsp3) is 0.500. The predicted octanol–water partition coefficient (Wildman–Crippen LogP) is 7.36. The molecule has 1 N–H and O–H groups in total. The zero-order valence-corrected chi connectivity index (χ0v) is 21.7. The third kappa shape index (κ3) is 9.59. The number of hydrogen-bond donors (Lipinski definition) is 1. The number of nitrogens with one attached hydrogen (secondary N) is 1. The summed E-state index contributed by atoms with van der Waals surface area (Å²) in [5, 5.41) is 4.65. The molecule has 1 heterocycles. The maximum atomic E-state index is 12.5. The zero-order chi connectivity index (χ0) is 24.8. The number of halogens is 1. The van der Waals surface area contributed by atoms with Crippen LogP contribution in [0.1, 0.15) is 70.4 Å². The van der Waals surface area contributed by atoms with Crippen molar-refractivity contribution in [2.24, 2.45) is 10.9 Å². The summed E-state index contributed by atoms with van der Waals surface area (Å²) in [5.74, 6) is 1.43. The van der Waals surface area contributed by atoms with Gasteiger partial charge in [-0.05, 0) is 61.6 Å². The Labute approximate surface area is 209 Å². The van der Waals surface area contributed by atoms with Crippen LogP contribution in [-0.2, 0) is 4.79 Å². The van der Waals surface area contributed by atoms with Crippen molar-refractivity contribution >= 4 is 40.7 Å². The lowest BCUT2D eigenvalue weighted by Crippen LogP contribution is -2.50. The second-order valence-electron chi connectivity index (χ2n) is 8.81. The Balaban J connectivity index is 0.000000283. The SMILES string of the molecule is C=Cc1ccc(/C(=C/C)S/C=C/CC)cc1N=C(C)NC=O.FC1CN(CC2CCCCC2)C1. The number of carbonyl (C=O) groups is 1. The van der Waals surface area contributed by atoms with Crippen molar-refractivity contribution in [1.29, 1.82) is 0 Å². The minimum Gasteiger partial charge on any atom is -0.317 e. The van der Waals surface area contributed by atoms with E-state index in [4.69, 9.17) is 0 Å². The van der Waals surface area contributed by atoms with Crippen LogP contribution in [0.15, 0.2) is 47.3 Å². The van der Waals surface area contributed by atoms with Gasteiger partial charge in [0.05, 0.1) is 5.69 Å². The van der Waals surface area contributed by atoms with E-state index in [1.165, 1.54) is 38.6 Å². The fourth-order valence-electron chi connectivity index (χ4n) is 4.18. The van der Waals surface area contributed by atoms with Crippen molar-refractivity contribution in [1.82, 2.24) is 10.2 Å². The van der Waals surface area contributed by atoms with Crippen LogP contribution < -0.4 is 5.32 Å². The van der Waals surface area contributed by atoms with Crippen molar-refractivity contribution in [3.63, 3.8) is 0 Å². The fourth-order valence-corrected chi connectivity index (χ4v) is 5.01. The molecule has 1 amide bonds. The Morgan fingerprint density at radius 2 is 2.03 bits per heavy atom. The number of carbonyl (C=O) groups excluding carboxylic acids is 1. The molecule has 34 heavy (non-hydrogen) atoms. The van der Waals surface area contributed by atoms with Crippen molar-refractivity contribution in [2.75, 3.05) is 19.6 Å². The molecule has 1 saturated heterocycles. The van der Waals surface area contributed by atoms with Crippen LogP contribution in [0.3, 0.4) is 0 Å². The number of hydrogen-bond acceptors (Lipinski definition) is 4. The molecule has 2 aliphatic rings. The van der Waals surface area contributed by atoms with Crippen LogP contribution in [0.4, 0.5) is 10.1 Å². The lowest BCUT2D eigenvalue weighted by atomic mass is 9.88. The van der Waals surface area contributed by atoms with Gasteiger partial charge in [0.2, 0.25) is 6.41 Å². The first kappa shape index (κ1) is 28.1. The molecule has 0 atom stereocenters. The highest BCUT2D eigenvalue weighted by molar-refractivity contribution is 8.10. The van der Waals surface area contributed by atoms with E-state index in [2.05, 4.69) is 52.3 Å². The van der Waals surface area contributed by atoms with Gasteiger partial charge in [-0.3, -0.25) is 9.69 Å². The average Bonchev–Trinajstić information content (AvgIpc) is 2.82. The number of amidine groups is 1. The average molecular weight is 486 g/mol. The van der Waals surface area contributed by atoms with Crippen LogP contribution in [-0.4, -0.2) is 43.0 Å². The van der Waals surface area contributed by atoms with Gasteiger partial charge in [0, 0.05) is 24.5 Å². The topological polar surface area (TPSA) is 44.7 Å². The van der Waals surface area contributed by atoms with Gasteiger partial charge in [0.1, 0.15) is 12.0 Å². The van der Waals surface area contributed by atoms with Crippen molar-refractivity contribution in [3.05, 3.63) is 53.5 Å². The minimum absolute atomic E-state index is 0.520. The Hall–Kier alpha value is -2.18. The highest BCUT2D eigenvalue weighted by Crippen LogP contribution is 2.33. The Bertz CT molecular complexity index is 868. The summed E-state index contributed by atoms with van der Waals surface area (Å²) in [6.45, 7) is 12.3. The van der Waals surface area contributed by atoms with E-state index < -0.39 is 6.17 Å². The lowest BCUT2D eigenvalue weighted by Gasteiger charge is -2.37. The Kier molecular flexibility index (Phi) is 12.9. The molecule has 1 aromatic carbocycles. The van der Waals surface area contributed by atoms with Crippen LogP contribution >= 0.6 is 11.8 Å². The van der Waals surface area contributed by atoms with Gasteiger partial charge in [-0.1, -0.05) is 74.9 Å². The number of likely N-dealkylation sites (tertiary alicyclic amines) is 1. The molecule has 4 nitrogen and oxygen atoms in total. The van der Waals surface area contributed by atoms with E-state index in [0.717, 1.165) is 34.1 Å². The normalized spacial score (nSPS) is 18.2. The number of nitrogens with zero attached hydrogens (tertiary/aromatic N) is 2. The standard InChI is InChI=1S/C18H22N2OS.C10H18FN/c1-5-8-11-22-18(7-3)16-10-9-15(6-2)17(12-16)20-14(4)19-13-21;11-10-7-12(8-10)6-9-4-2-1-3-5-9/h6-13H,2,5H2,1,3-4H3,(H,19,20,21);9-10H,1-8H2/b11-8+,18-7-;. The van der Waals surface area contributed by atoms with Crippen LogP contribution in [0.2, 0.25) is 0 Å². The van der Waals surface area contributed by atoms with Gasteiger partial charge < -0.3 is 5.32 Å². The summed E-state index contributed by atoms with van der Waals surface area (Å²) in [6, 6.07) is 6.05. The van der Waals surface area contributed by atoms with Crippen LogP contribution in [0, 0.1) is 5.92 Å². The Morgan fingerprint density at radius 1 is 1.29 bits per heavy atom. The van der Waals surface area contributed by atoms with Crippen molar-refractivity contribution < 1.29 is 9.18 Å². The summed E-state index contributed by atoms with van der Waals surface area (Å²) in [5.41, 5.74) is 2.82. The zero-order valence-electron chi connectivity index (χ0n) is 20.9. The molecule has 1 aromatic rings. The third-order valence-electron chi connectivity index (χ3n) is 6.03. The van der Waals surface area contributed by atoms with Gasteiger partial charge in [-0.2, -0.15) is 0 Å². The molecule has 1 saturated carbocycles. The summed E-state index contributed by atoms with van der Waals surface area (Å²) in [6.07, 6.45) is 14.1. The number of allylic oxidation sites excluding steroid dienone is 2. The summed E-state index contributed by atoms with van der Waals surface area (Å²) in [7, 11) is 0. The molecule has 0 spiro atoms. The smallest absolute Gasteiger partial charge is 0.212 e. The number of thioether (sulfide) groups is 1. The molecule has 0 unspecified atom stereocenters. The predicted molar refractivity (Wildman–Crippen MR) is 147 cm³/mol. The van der Waals surface area contributed by atoms with Gasteiger partial charge in [0.25, 0.3) is 0 Å². The van der Waals surface area contributed by atoms with Crippen LogP contribution in [0.25, 0.3) is 11.0 Å². The third-order valence-corrected chi connectivity index (χ3v) is 7.09. The van der Waals surface area contributed by atoms with E-state index in [0.29, 0.717) is 25.3 Å². The summed E-state index contributed by atoms with van der Waals surface area (Å²) < 4.78 is 12.5. The molecular formula is C28H40FN3OS. The van der Waals surface area contributed by atoms with Gasteiger partial charge >= 0.3 is 0 Å². The molecule has 0 radical (unpaired) electrons. The maximum Gasteiger partial charge on any atom is 0.212 e. The first-order valence-corrected chi connectivity index (χ1v) is 13.2. The molecule has 0 bridgehead atoms. The second kappa shape index (κ2) is 15.7. The summed E-state index contributed by atoms with van der Waals surface area (Å²) >= 11 is 1.68. The van der Waals surface area contributed by atoms with Crippen molar-refractivity contribution in [3.8, 4) is 0 Å². The van der Waals surface area contributed by atoms with E-state index in [9.17, 15) is 9.18 Å². The molecule has 2 fully saturated rings. The first-order valence-electron chi connectivity index (χ1n) is 12.4. The quantitative estimate of drug-likeness (QED) is 0.226. The maximum absolute atomic E-state index is 12.5. The number of alkyl halides is 1. The molecule has 6 heteroatoms. The highest BCUT2D eigenvalue weighted by Gasteiger charge is 2.28. The molecule has 1 aliphatic carbocycles. The second-order valence-corrected chi connectivity index (χ2v) is 9.76. The minimum atomic E-state index is -0.520. The summed E-state index contributed by atoms with van der Waals surface area (Å²) in [4.78, 5) is 18.4. The van der Waals surface area contributed by atoms with E-state index in [1.807, 2.05) is 19.1 Å². The number of amides is 1. The van der Waals surface area contributed by atoms with E-state index >= 15 is 0 Å². The number of rotatable bonds is 9. The Morgan fingerprint density at radius 3 is 2.62 bits per heavy atom.